The first-order chi connectivity index (χ1) is 10.1. The molecule has 0 bridgehead atoms. The van der Waals surface area contributed by atoms with E-state index in [0.717, 1.165) is 18.2 Å². The van der Waals surface area contributed by atoms with Crippen LogP contribution in [0.3, 0.4) is 0 Å². The Kier molecular flexibility index (Phi) is 4.62. The van der Waals surface area contributed by atoms with Crippen LogP contribution in [0.1, 0.15) is 17.5 Å². The SMILES string of the molecule is N#Cc1ccccc1NC(=O)CCc1cc(F)ccc1F. The van der Waals surface area contributed by atoms with Crippen LogP contribution in [0.4, 0.5) is 14.5 Å². The van der Waals surface area contributed by atoms with E-state index in [2.05, 4.69) is 5.32 Å². The van der Waals surface area contributed by atoms with Crippen molar-refractivity contribution >= 4 is 11.6 Å². The van der Waals surface area contributed by atoms with Crippen molar-refractivity contribution in [3.05, 3.63) is 65.2 Å². The van der Waals surface area contributed by atoms with Crippen molar-refractivity contribution in [3.8, 4) is 6.07 Å². The lowest BCUT2D eigenvalue weighted by molar-refractivity contribution is -0.116. The van der Waals surface area contributed by atoms with Crippen molar-refractivity contribution in [3.63, 3.8) is 0 Å². The van der Waals surface area contributed by atoms with Gasteiger partial charge in [0.1, 0.15) is 17.7 Å². The summed E-state index contributed by atoms with van der Waals surface area (Å²) in [5.41, 5.74) is 0.909. The first kappa shape index (κ1) is 14.7. The molecule has 0 heterocycles. The van der Waals surface area contributed by atoms with Crippen LogP contribution in [0.5, 0.6) is 0 Å². The molecule has 0 fully saturated rings. The molecule has 1 amide bonds. The van der Waals surface area contributed by atoms with Gasteiger partial charge in [0.15, 0.2) is 0 Å². The molecule has 0 unspecified atom stereocenters. The number of aryl methyl sites for hydroxylation is 1. The maximum Gasteiger partial charge on any atom is 0.224 e. The molecule has 5 heteroatoms. The maximum absolute atomic E-state index is 13.4. The number of carbonyl (C=O) groups excluding carboxylic acids is 1. The maximum atomic E-state index is 13.4. The summed E-state index contributed by atoms with van der Waals surface area (Å²) in [6.07, 6.45) is 0.0876. The highest BCUT2D eigenvalue weighted by Crippen LogP contribution is 2.15. The molecule has 0 aliphatic carbocycles. The average molecular weight is 286 g/mol. The van der Waals surface area contributed by atoms with E-state index in [1.54, 1.807) is 24.3 Å². The van der Waals surface area contributed by atoms with Crippen LogP contribution in [0.2, 0.25) is 0 Å². The molecule has 2 aromatic rings. The number of carbonyl (C=O) groups is 1. The molecule has 21 heavy (non-hydrogen) atoms. The lowest BCUT2D eigenvalue weighted by Gasteiger charge is -2.07. The lowest BCUT2D eigenvalue weighted by atomic mass is 10.1. The minimum atomic E-state index is -0.540. The Morgan fingerprint density at radius 1 is 1.19 bits per heavy atom. The van der Waals surface area contributed by atoms with Gasteiger partial charge in [-0.25, -0.2) is 8.78 Å². The van der Waals surface area contributed by atoms with E-state index in [-0.39, 0.29) is 24.3 Å². The van der Waals surface area contributed by atoms with Gasteiger partial charge in [0.05, 0.1) is 11.3 Å². The minimum Gasteiger partial charge on any atom is -0.325 e. The van der Waals surface area contributed by atoms with Gasteiger partial charge in [-0.05, 0) is 42.3 Å². The topological polar surface area (TPSA) is 52.9 Å². The summed E-state index contributed by atoms with van der Waals surface area (Å²) < 4.78 is 26.4. The highest BCUT2D eigenvalue weighted by atomic mass is 19.1. The molecule has 0 aromatic heterocycles. The average Bonchev–Trinajstić information content (AvgIpc) is 2.49. The second-order valence-electron chi connectivity index (χ2n) is 4.44. The predicted molar refractivity (Wildman–Crippen MR) is 74.5 cm³/mol. The van der Waals surface area contributed by atoms with Crippen LogP contribution in [-0.4, -0.2) is 5.91 Å². The monoisotopic (exact) mass is 286 g/mol. The number of halogens is 2. The van der Waals surface area contributed by atoms with Gasteiger partial charge in [-0.3, -0.25) is 4.79 Å². The Morgan fingerprint density at radius 2 is 1.95 bits per heavy atom. The van der Waals surface area contributed by atoms with Gasteiger partial charge in [0.2, 0.25) is 5.91 Å². The summed E-state index contributed by atoms with van der Waals surface area (Å²) in [6.45, 7) is 0. The van der Waals surface area contributed by atoms with Crippen LogP contribution in [0.15, 0.2) is 42.5 Å². The van der Waals surface area contributed by atoms with Crippen molar-refractivity contribution < 1.29 is 13.6 Å². The third-order valence-corrected chi connectivity index (χ3v) is 2.95. The van der Waals surface area contributed by atoms with E-state index in [9.17, 15) is 13.6 Å². The molecular weight excluding hydrogens is 274 g/mol. The second kappa shape index (κ2) is 6.62. The Balaban J connectivity index is 2.00. The number of rotatable bonds is 4. The van der Waals surface area contributed by atoms with Crippen molar-refractivity contribution in [2.24, 2.45) is 0 Å². The fourth-order valence-corrected chi connectivity index (χ4v) is 1.89. The Hall–Kier alpha value is -2.74. The number of hydrogen-bond donors (Lipinski definition) is 1. The number of nitriles is 1. The first-order valence-corrected chi connectivity index (χ1v) is 6.33. The highest BCUT2D eigenvalue weighted by molar-refractivity contribution is 5.92. The lowest BCUT2D eigenvalue weighted by Crippen LogP contribution is -2.13. The van der Waals surface area contributed by atoms with Crippen LogP contribution in [-0.2, 0) is 11.2 Å². The van der Waals surface area contributed by atoms with Gasteiger partial charge in [-0.15, -0.1) is 0 Å². The first-order valence-electron chi connectivity index (χ1n) is 6.33. The van der Waals surface area contributed by atoms with Crippen molar-refractivity contribution in [1.29, 1.82) is 5.26 Å². The number of benzene rings is 2. The number of nitrogens with zero attached hydrogens (tertiary/aromatic N) is 1. The summed E-state index contributed by atoms with van der Waals surface area (Å²) in [6, 6.07) is 11.7. The zero-order valence-corrected chi connectivity index (χ0v) is 11.1. The van der Waals surface area contributed by atoms with Gasteiger partial charge in [-0.1, -0.05) is 12.1 Å². The number of hydrogen-bond acceptors (Lipinski definition) is 2. The number of anilines is 1. The number of para-hydroxylation sites is 1. The fraction of sp³-hybridized carbons (Fsp3) is 0.125. The van der Waals surface area contributed by atoms with Gasteiger partial charge in [0.25, 0.3) is 0 Å². The van der Waals surface area contributed by atoms with Gasteiger partial charge >= 0.3 is 0 Å². The Morgan fingerprint density at radius 3 is 2.71 bits per heavy atom. The summed E-state index contributed by atoms with van der Waals surface area (Å²) >= 11 is 0. The molecule has 0 radical (unpaired) electrons. The largest absolute Gasteiger partial charge is 0.325 e. The summed E-state index contributed by atoms with van der Waals surface area (Å²) in [5, 5.41) is 11.5. The van der Waals surface area contributed by atoms with E-state index in [1.807, 2.05) is 6.07 Å². The molecule has 2 rings (SSSR count). The van der Waals surface area contributed by atoms with E-state index < -0.39 is 11.6 Å². The molecule has 0 aliphatic rings. The Labute approximate surface area is 120 Å². The molecule has 0 spiro atoms. The number of amides is 1. The highest BCUT2D eigenvalue weighted by Gasteiger charge is 2.09. The fourth-order valence-electron chi connectivity index (χ4n) is 1.89. The van der Waals surface area contributed by atoms with Gasteiger partial charge < -0.3 is 5.32 Å². The molecule has 0 atom stereocenters. The zero-order valence-electron chi connectivity index (χ0n) is 11.1. The molecule has 3 nitrogen and oxygen atoms in total. The molecule has 0 saturated heterocycles. The van der Waals surface area contributed by atoms with Gasteiger partial charge in [-0.2, -0.15) is 5.26 Å². The van der Waals surface area contributed by atoms with Crippen molar-refractivity contribution in [2.75, 3.05) is 5.32 Å². The van der Waals surface area contributed by atoms with Crippen LogP contribution < -0.4 is 5.32 Å². The summed E-state index contributed by atoms with van der Waals surface area (Å²) in [7, 11) is 0. The Bertz CT molecular complexity index is 708. The molecule has 1 N–H and O–H groups in total. The normalized spacial score (nSPS) is 9.95. The standard InChI is InChI=1S/C16H12F2N2O/c17-13-6-7-14(18)11(9-13)5-8-16(21)20-15-4-2-1-3-12(15)10-19/h1-4,6-7,9H,5,8H2,(H,20,21). The summed E-state index contributed by atoms with van der Waals surface area (Å²) in [4.78, 5) is 11.8. The minimum absolute atomic E-state index is 0.000135. The van der Waals surface area contributed by atoms with Crippen LogP contribution >= 0.6 is 0 Å². The number of nitrogens with one attached hydrogen (secondary N) is 1. The molecular formula is C16H12F2N2O. The van der Waals surface area contributed by atoms with E-state index in [1.165, 1.54) is 0 Å². The molecule has 106 valence electrons. The van der Waals surface area contributed by atoms with E-state index in [4.69, 9.17) is 5.26 Å². The third kappa shape index (κ3) is 3.86. The van der Waals surface area contributed by atoms with Crippen molar-refractivity contribution in [2.45, 2.75) is 12.8 Å². The molecule has 0 saturated carbocycles. The van der Waals surface area contributed by atoms with Gasteiger partial charge in [0, 0.05) is 6.42 Å². The molecule has 0 aliphatic heterocycles. The van der Waals surface area contributed by atoms with Crippen LogP contribution in [0, 0.1) is 23.0 Å². The third-order valence-electron chi connectivity index (χ3n) is 2.95. The summed E-state index contributed by atoms with van der Waals surface area (Å²) in [5.74, 6) is -1.44. The van der Waals surface area contributed by atoms with E-state index in [0.29, 0.717) is 11.3 Å². The smallest absolute Gasteiger partial charge is 0.224 e. The quantitative estimate of drug-likeness (QED) is 0.936. The van der Waals surface area contributed by atoms with Crippen LogP contribution in [0.25, 0.3) is 0 Å². The zero-order chi connectivity index (χ0) is 15.2. The predicted octanol–water partition coefficient (Wildman–Crippen LogP) is 3.41. The molecule has 2 aromatic carbocycles. The van der Waals surface area contributed by atoms with E-state index >= 15 is 0 Å². The van der Waals surface area contributed by atoms with Crippen molar-refractivity contribution in [1.82, 2.24) is 0 Å². The second-order valence-corrected chi connectivity index (χ2v) is 4.44.